The average molecular weight is 298 g/mol. The van der Waals surface area contributed by atoms with Gasteiger partial charge in [-0.3, -0.25) is 0 Å². The van der Waals surface area contributed by atoms with Gasteiger partial charge in [-0.1, -0.05) is 18.5 Å². The van der Waals surface area contributed by atoms with E-state index >= 15 is 0 Å². The zero-order valence-corrected chi connectivity index (χ0v) is 12.4. The summed E-state index contributed by atoms with van der Waals surface area (Å²) in [5, 5.41) is 0. The summed E-state index contributed by atoms with van der Waals surface area (Å²) >= 11 is 7.52. The third-order valence-corrected chi connectivity index (χ3v) is 4.01. The number of halogens is 1. The SMILES string of the molecule is CCc1c(NN)ncnc1N(C)Cc1ccc(Cl)s1. The molecule has 2 aromatic heterocycles. The van der Waals surface area contributed by atoms with Crippen molar-refractivity contribution in [1.29, 1.82) is 0 Å². The van der Waals surface area contributed by atoms with Gasteiger partial charge in [-0.05, 0) is 18.6 Å². The van der Waals surface area contributed by atoms with Crippen molar-refractivity contribution in [2.24, 2.45) is 5.84 Å². The van der Waals surface area contributed by atoms with Crippen LogP contribution in [-0.2, 0) is 13.0 Å². The van der Waals surface area contributed by atoms with E-state index in [0.29, 0.717) is 5.82 Å². The highest BCUT2D eigenvalue weighted by atomic mass is 35.5. The topological polar surface area (TPSA) is 67.1 Å². The maximum absolute atomic E-state index is 5.94. The molecular weight excluding hydrogens is 282 g/mol. The molecule has 2 aromatic rings. The Bertz CT molecular complexity index is 557. The molecule has 5 nitrogen and oxygen atoms in total. The number of nitrogens with one attached hydrogen (secondary N) is 1. The van der Waals surface area contributed by atoms with Crippen LogP contribution in [0.4, 0.5) is 11.6 Å². The Morgan fingerprint density at radius 3 is 2.79 bits per heavy atom. The molecule has 0 amide bonds. The van der Waals surface area contributed by atoms with E-state index in [-0.39, 0.29) is 0 Å². The smallest absolute Gasteiger partial charge is 0.148 e. The standard InChI is InChI=1S/C12H16ClN5S/c1-3-9-11(17-14)15-7-16-12(9)18(2)6-8-4-5-10(13)19-8/h4-5,7H,3,6,14H2,1-2H3,(H,15,16,17). The minimum atomic E-state index is 0.670. The molecule has 2 heterocycles. The van der Waals surface area contributed by atoms with Gasteiger partial charge in [-0.2, -0.15) is 0 Å². The highest BCUT2D eigenvalue weighted by Gasteiger charge is 2.13. The van der Waals surface area contributed by atoms with Crippen LogP contribution in [0.3, 0.4) is 0 Å². The van der Waals surface area contributed by atoms with Gasteiger partial charge < -0.3 is 10.3 Å². The van der Waals surface area contributed by atoms with Crippen molar-refractivity contribution in [1.82, 2.24) is 9.97 Å². The summed E-state index contributed by atoms with van der Waals surface area (Å²) in [6.45, 7) is 2.81. The number of rotatable bonds is 5. The predicted octanol–water partition coefficient (Wildman–Crippen LogP) is 2.68. The van der Waals surface area contributed by atoms with E-state index in [2.05, 4.69) is 27.2 Å². The van der Waals surface area contributed by atoms with Crippen LogP contribution in [0.25, 0.3) is 0 Å². The van der Waals surface area contributed by atoms with Gasteiger partial charge in [-0.15, -0.1) is 11.3 Å². The van der Waals surface area contributed by atoms with E-state index in [0.717, 1.165) is 28.7 Å². The second-order valence-corrected chi connectivity index (χ2v) is 5.88. The second-order valence-electron chi connectivity index (χ2n) is 4.08. The Labute approximate surface area is 121 Å². The van der Waals surface area contributed by atoms with Crippen LogP contribution in [0.2, 0.25) is 4.34 Å². The van der Waals surface area contributed by atoms with Gasteiger partial charge in [0.1, 0.15) is 18.0 Å². The summed E-state index contributed by atoms with van der Waals surface area (Å²) in [7, 11) is 2.00. The number of nitrogens with zero attached hydrogens (tertiary/aromatic N) is 3. The Morgan fingerprint density at radius 1 is 1.42 bits per heavy atom. The summed E-state index contributed by atoms with van der Waals surface area (Å²) in [6, 6.07) is 3.93. The van der Waals surface area contributed by atoms with Gasteiger partial charge in [0.2, 0.25) is 0 Å². The monoisotopic (exact) mass is 297 g/mol. The first-order valence-corrected chi connectivity index (χ1v) is 7.11. The van der Waals surface area contributed by atoms with Crippen LogP contribution in [-0.4, -0.2) is 17.0 Å². The molecule has 0 radical (unpaired) electrons. The molecule has 0 unspecified atom stereocenters. The molecule has 19 heavy (non-hydrogen) atoms. The Balaban J connectivity index is 2.25. The van der Waals surface area contributed by atoms with E-state index in [1.54, 1.807) is 11.3 Å². The number of aromatic nitrogens is 2. The normalized spacial score (nSPS) is 10.5. The van der Waals surface area contributed by atoms with Crippen LogP contribution >= 0.6 is 22.9 Å². The first-order valence-electron chi connectivity index (χ1n) is 5.91. The number of nitrogens with two attached hydrogens (primary N) is 1. The molecular formula is C12H16ClN5S. The molecule has 102 valence electrons. The molecule has 0 spiro atoms. The second kappa shape index (κ2) is 6.18. The van der Waals surface area contributed by atoms with Crippen LogP contribution in [0.1, 0.15) is 17.4 Å². The van der Waals surface area contributed by atoms with Gasteiger partial charge in [0, 0.05) is 17.5 Å². The fraction of sp³-hybridized carbons (Fsp3) is 0.333. The zero-order valence-electron chi connectivity index (χ0n) is 10.9. The molecule has 0 saturated heterocycles. The molecule has 7 heteroatoms. The van der Waals surface area contributed by atoms with Crippen LogP contribution in [0, 0.1) is 0 Å². The van der Waals surface area contributed by atoms with Crippen molar-refractivity contribution in [2.45, 2.75) is 19.9 Å². The molecule has 0 bridgehead atoms. The molecule has 0 saturated carbocycles. The largest absolute Gasteiger partial charge is 0.354 e. The fourth-order valence-electron chi connectivity index (χ4n) is 1.93. The molecule has 0 aliphatic rings. The van der Waals surface area contributed by atoms with E-state index < -0.39 is 0 Å². The minimum Gasteiger partial charge on any atom is -0.354 e. The summed E-state index contributed by atoms with van der Waals surface area (Å²) in [5.74, 6) is 7.03. The summed E-state index contributed by atoms with van der Waals surface area (Å²) < 4.78 is 0.797. The van der Waals surface area contributed by atoms with Crippen molar-refractivity contribution in [3.63, 3.8) is 0 Å². The fourth-order valence-corrected chi connectivity index (χ4v) is 3.07. The van der Waals surface area contributed by atoms with E-state index in [9.17, 15) is 0 Å². The molecule has 0 aliphatic heterocycles. The Kier molecular flexibility index (Phi) is 4.57. The number of hydrogen-bond acceptors (Lipinski definition) is 6. The summed E-state index contributed by atoms with van der Waals surface area (Å²) in [6.07, 6.45) is 2.33. The molecule has 3 N–H and O–H groups in total. The van der Waals surface area contributed by atoms with E-state index in [4.69, 9.17) is 17.4 Å². The van der Waals surface area contributed by atoms with Crippen molar-refractivity contribution in [3.05, 3.63) is 33.2 Å². The third kappa shape index (κ3) is 3.15. The minimum absolute atomic E-state index is 0.670. The van der Waals surface area contributed by atoms with Crippen molar-refractivity contribution < 1.29 is 0 Å². The maximum atomic E-state index is 5.94. The summed E-state index contributed by atoms with van der Waals surface area (Å²) in [5.41, 5.74) is 3.62. The first kappa shape index (κ1) is 14.0. The highest BCUT2D eigenvalue weighted by molar-refractivity contribution is 7.16. The van der Waals surface area contributed by atoms with E-state index in [1.807, 2.05) is 19.2 Å². The quantitative estimate of drug-likeness (QED) is 0.656. The van der Waals surface area contributed by atoms with Crippen molar-refractivity contribution in [3.8, 4) is 0 Å². The number of hydrogen-bond donors (Lipinski definition) is 2. The van der Waals surface area contributed by atoms with Crippen LogP contribution < -0.4 is 16.2 Å². The molecule has 0 aromatic carbocycles. The lowest BCUT2D eigenvalue weighted by molar-refractivity contribution is 0.881. The zero-order chi connectivity index (χ0) is 13.8. The number of anilines is 2. The van der Waals surface area contributed by atoms with Gasteiger partial charge in [0.25, 0.3) is 0 Å². The lowest BCUT2D eigenvalue weighted by Crippen LogP contribution is -2.21. The van der Waals surface area contributed by atoms with Gasteiger partial charge in [0.05, 0.1) is 10.9 Å². The molecule has 2 rings (SSSR count). The highest BCUT2D eigenvalue weighted by Crippen LogP contribution is 2.27. The van der Waals surface area contributed by atoms with E-state index in [1.165, 1.54) is 11.2 Å². The lowest BCUT2D eigenvalue weighted by atomic mass is 10.2. The average Bonchev–Trinajstić information content (AvgIpc) is 2.82. The summed E-state index contributed by atoms with van der Waals surface area (Å²) in [4.78, 5) is 11.7. The van der Waals surface area contributed by atoms with Crippen LogP contribution in [0.15, 0.2) is 18.5 Å². The maximum Gasteiger partial charge on any atom is 0.148 e. The van der Waals surface area contributed by atoms with Gasteiger partial charge >= 0.3 is 0 Å². The van der Waals surface area contributed by atoms with Gasteiger partial charge in [0.15, 0.2) is 0 Å². The molecule has 0 aliphatic carbocycles. The van der Waals surface area contributed by atoms with Crippen molar-refractivity contribution >= 4 is 34.6 Å². The third-order valence-electron chi connectivity index (χ3n) is 2.80. The lowest BCUT2D eigenvalue weighted by Gasteiger charge is -2.21. The number of thiophene rings is 1. The van der Waals surface area contributed by atoms with Crippen molar-refractivity contribution in [2.75, 3.05) is 17.4 Å². The number of hydrazine groups is 1. The van der Waals surface area contributed by atoms with Crippen LogP contribution in [0.5, 0.6) is 0 Å². The first-order chi connectivity index (χ1) is 9.15. The predicted molar refractivity (Wildman–Crippen MR) is 80.7 cm³/mol. The molecule has 0 fully saturated rings. The Morgan fingerprint density at radius 2 is 2.21 bits per heavy atom. The number of nitrogen functional groups attached to an aromatic ring is 1. The Hall–Kier alpha value is -1.37. The van der Waals surface area contributed by atoms with Gasteiger partial charge in [-0.25, -0.2) is 15.8 Å². The molecule has 0 atom stereocenters.